The summed E-state index contributed by atoms with van der Waals surface area (Å²) in [5.41, 5.74) is 2.24. The third kappa shape index (κ3) is 1.77. The molecule has 0 saturated carbocycles. The molecule has 16 heavy (non-hydrogen) atoms. The highest BCUT2D eigenvalue weighted by Crippen LogP contribution is 2.22. The lowest BCUT2D eigenvalue weighted by Crippen LogP contribution is -1.68. The molecular formula is C13H10N2S. The van der Waals surface area contributed by atoms with Gasteiger partial charge in [-0.15, -0.1) is 11.3 Å². The molecule has 0 radical (unpaired) electrons. The Bertz CT molecular complexity index is 587. The van der Waals surface area contributed by atoms with Crippen LogP contribution in [0.2, 0.25) is 0 Å². The number of hydrogen-bond donors (Lipinski definition) is 1. The Balaban J connectivity index is 1.95. The van der Waals surface area contributed by atoms with Gasteiger partial charge in [0.25, 0.3) is 0 Å². The second kappa shape index (κ2) is 3.94. The van der Waals surface area contributed by atoms with Gasteiger partial charge in [0.15, 0.2) is 0 Å². The third-order valence-corrected chi connectivity index (χ3v) is 3.35. The Morgan fingerprint density at radius 3 is 2.88 bits per heavy atom. The van der Waals surface area contributed by atoms with Gasteiger partial charge in [-0.1, -0.05) is 18.2 Å². The van der Waals surface area contributed by atoms with E-state index in [1.165, 1.54) is 10.3 Å². The summed E-state index contributed by atoms with van der Waals surface area (Å²) in [4.78, 5) is 7.56. The largest absolute Gasteiger partial charge is 0.367 e. The molecule has 3 heteroatoms. The van der Waals surface area contributed by atoms with Crippen LogP contribution in [0, 0.1) is 0 Å². The van der Waals surface area contributed by atoms with Gasteiger partial charge < -0.3 is 4.98 Å². The van der Waals surface area contributed by atoms with Crippen molar-refractivity contribution < 1.29 is 0 Å². The molecule has 0 amide bonds. The fourth-order valence-electron chi connectivity index (χ4n) is 1.57. The van der Waals surface area contributed by atoms with Crippen LogP contribution in [0.4, 0.5) is 0 Å². The summed E-state index contributed by atoms with van der Waals surface area (Å²) in [5.74, 6) is 0. The molecule has 2 heterocycles. The molecule has 2 aromatic heterocycles. The molecule has 1 N–H and O–H groups in total. The molecule has 0 bridgehead atoms. The number of nitrogens with one attached hydrogen (secondary N) is 1. The molecule has 0 fully saturated rings. The van der Waals surface area contributed by atoms with Gasteiger partial charge in [-0.25, -0.2) is 4.98 Å². The van der Waals surface area contributed by atoms with E-state index in [2.05, 4.69) is 22.1 Å². The van der Waals surface area contributed by atoms with Crippen molar-refractivity contribution in [2.24, 2.45) is 0 Å². The average molecular weight is 226 g/mol. The average Bonchev–Trinajstić information content (AvgIpc) is 2.95. The van der Waals surface area contributed by atoms with E-state index in [0.717, 1.165) is 10.5 Å². The van der Waals surface area contributed by atoms with Crippen LogP contribution < -0.4 is 0 Å². The van der Waals surface area contributed by atoms with Crippen LogP contribution in [0.1, 0.15) is 10.6 Å². The molecule has 3 rings (SSSR count). The van der Waals surface area contributed by atoms with Gasteiger partial charge in [0, 0.05) is 12.4 Å². The van der Waals surface area contributed by atoms with Crippen molar-refractivity contribution in [1.82, 2.24) is 9.97 Å². The molecule has 2 nitrogen and oxygen atoms in total. The molecule has 3 aromatic rings. The zero-order valence-electron chi connectivity index (χ0n) is 8.55. The highest BCUT2D eigenvalue weighted by Gasteiger charge is 1.98. The summed E-state index contributed by atoms with van der Waals surface area (Å²) in [6, 6.07) is 10.2. The molecule has 0 aliphatic rings. The zero-order valence-corrected chi connectivity index (χ0v) is 9.37. The van der Waals surface area contributed by atoms with E-state index >= 15 is 0 Å². The highest BCUT2D eigenvalue weighted by atomic mass is 32.1. The molecule has 0 atom stereocenters. The summed E-state index contributed by atoms with van der Waals surface area (Å²) < 4.78 is 1.23. The molecule has 1 aromatic carbocycles. The Morgan fingerprint density at radius 1 is 1.12 bits per heavy atom. The van der Waals surface area contributed by atoms with Crippen LogP contribution in [0.3, 0.4) is 0 Å². The molecule has 0 unspecified atom stereocenters. The monoisotopic (exact) mass is 226 g/mol. The number of para-hydroxylation sites is 1. The first kappa shape index (κ1) is 9.36. The maximum absolute atomic E-state index is 4.53. The van der Waals surface area contributed by atoms with Crippen LogP contribution in [-0.4, -0.2) is 9.97 Å². The van der Waals surface area contributed by atoms with E-state index in [0.29, 0.717) is 0 Å². The second-order valence-electron chi connectivity index (χ2n) is 3.50. The minimum absolute atomic E-state index is 1.04. The van der Waals surface area contributed by atoms with E-state index in [1.54, 1.807) is 11.3 Å². The number of H-pyrrole nitrogens is 1. The van der Waals surface area contributed by atoms with Crippen LogP contribution in [-0.2, 0) is 0 Å². The Hall–Kier alpha value is -1.87. The van der Waals surface area contributed by atoms with Gasteiger partial charge in [0.2, 0.25) is 0 Å². The predicted molar refractivity (Wildman–Crippen MR) is 69.3 cm³/mol. The van der Waals surface area contributed by atoms with E-state index in [4.69, 9.17) is 0 Å². The van der Waals surface area contributed by atoms with Gasteiger partial charge in [-0.05, 0) is 29.8 Å². The fourth-order valence-corrected chi connectivity index (χ4v) is 2.44. The second-order valence-corrected chi connectivity index (χ2v) is 4.56. The molecule has 0 spiro atoms. The van der Waals surface area contributed by atoms with Gasteiger partial charge in [-0.2, -0.15) is 0 Å². The van der Waals surface area contributed by atoms with E-state index in [-0.39, 0.29) is 0 Å². The highest BCUT2D eigenvalue weighted by molar-refractivity contribution is 7.19. The van der Waals surface area contributed by atoms with Crippen LogP contribution in [0.15, 0.2) is 42.7 Å². The minimum atomic E-state index is 1.04. The van der Waals surface area contributed by atoms with Crippen molar-refractivity contribution in [3.8, 4) is 0 Å². The van der Waals surface area contributed by atoms with Gasteiger partial charge in [0.1, 0.15) is 5.01 Å². The fraction of sp³-hybridized carbons (Fsp3) is 0. The Morgan fingerprint density at radius 2 is 2.06 bits per heavy atom. The summed E-state index contributed by atoms with van der Waals surface area (Å²) in [5, 5.41) is 1.04. The van der Waals surface area contributed by atoms with Crippen molar-refractivity contribution in [3.63, 3.8) is 0 Å². The molecule has 78 valence electrons. The number of hydrogen-bond acceptors (Lipinski definition) is 2. The smallest absolute Gasteiger partial charge is 0.117 e. The van der Waals surface area contributed by atoms with Crippen LogP contribution in [0.25, 0.3) is 22.4 Å². The molecule has 0 aliphatic carbocycles. The first-order valence-electron chi connectivity index (χ1n) is 5.08. The summed E-state index contributed by atoms with van der Waals surface area (Å²) in [6.45, 7) is 0. The number of aromatic nitrogens is 2. The molecule has 0 saturated heterocycles. The first-order valence-corrected chi connectivity index (χ1v) is 5.90. The van der Waals surface area contributed by atoms with Crippen molar-refractivity contribution in [2.75, 3.05) is 0 Å². The van der Waals surface area contributed by atoms with Crippen molar-refractivity contribution in [3.05, 3.63) is 53.3 Å². The third-order valence-electron chi connectivity index (χ3n) is 2.35. The predicted octanol–water partition coefficient (Wildman–Crippen LogP) is 3.79. The van der Waals surface area contributed by atoms with Gasteiger partial charge in [0.05, 0.1) is 10.2 Å². The molecular weight excluding hydrogens is 216 g/mol. The van der Waals surface area contributed by atoms with Crippen molar-refractivity contribution >= 4 is 33.7 Å². The quantitative estimate of drug-likeness (QED) is 0.707. The Kier molecular flexibility index (Phi) is 2.31. The van der Waals surface area contributed by atoms with Crippen molar-refractivity contribution in [1.29, 1.82) is 0 Å². The Labute approximate surface area is 97.3 Å². The SMILES string of the molecule is C(=Cc1nc2ccccc2s1)c1cc[nH]c1. The number of nitrogens with zero attached hydrogens (tertiary/aromatic N) is 1. The molecule has 0 aliphatic heterocycles. The van der Waals surface area contributed by atoms with Crippen molar-refractivity contribution in [2.45, 2.75) is 0 Å². The number of benzene rings is 1. The standard InChI is InChI=1S/C13H10N2S/c1-2-4-12-11(3-1)15-13(16-12)6-5-10-7-8-14-9-10/h1-9,14H. The van der Waals surface area contributed by atoms with Gasteiger partial charge in [-0.3, -0.25) is 0 Å². The lowest BCUT2D eigenvalue weighted by atomic mass is 10.3. The summed E-state index contributed by atoms with van der Waals surface area (Å²) in [7, 11) is 0. The van der Waals surface area contributed by atoms with Gasteiger partial charge >= 0.3 is 0 Å². The van der Waals surface area contributed by atoms with E-state index in [9.17, 15) is 0 Å². The lowest BCUT2D eigenvalue weighted by Gasteiger charge is -1.82. The summed E-state index contributed by atoms with van der Waals surface area (Å²) in [6.07, 6.45) is 7.99. The van der Waals surface area contributed by atoms with E-state index < -0.39 is 0 Å². The topological polar surface area (TPSA) is 28.7 Å². The van der Waals surface area contributed by atoms with E-state index in [1.807, 2.05) is 42.7 Å². The lowest BCUT2D eigenvalue weighted by molar-refractivity contribution is 1.41. The minimum Gasteiger partial charge on any atom is -0.367 e. The summed E-state index contributed by atoms with van der Waals surface area (Å²) >= 11 is 1.71. The number of aromatic amines is 1. The first-order chi connectivity index (χ1) is 7.92. The number of fused-ring (bicyclic) bond motifs is 1. The number of thiazole rings is 1. The zero-order chi connectivity index (χ0) is 10.8. The maximum Gasteiger partial charge on any atom is 0.117 e. The van der Waals surface area contributed by atoms with Crippen LogP contribution >= 0.6 is 11.3 Å². The normalized spacial score (nSPS) is 11.5. The number of rotatable bonds is 2. The van der Waals surface area contributed by atoms with Crippen LogP contribution in [0.5, 0.6) is 0 Å². The maximum atomic E-state index is 4.53.